The largest absolute Gasteiger partial charge is 0.396 e. The highest BCUT2D eigenvalue weighted by atomic mass is 32.2. The zero-order chi connectivity index (χ0) is 15.3. The molecule has 0 saturated heterocycles. The van der Waals surface area contributed by atoms with Crippen LogP contribution in [0.25, 0.3) is 0 Å². The Bertz CT molecular complexity index is 677. The molecule has 2 heterocycles. The summed E-state index contributed by atoms with van der Waals surface area (Å²) in [6.45, 7) is 0.829. The smallest absolute Gasteiger partial charge is 0.243 e. The minimum Gasteiger partial charge on any atom is -0.396 e. The number of aliphatic hydroxyl groups excluding tert-OH is 1. The van der Waals surface area contributed by atoms with Crippen molar-refractivity contribution in [2.24, 2.45) is 7.05 Å². The molecule has 0 aliphatic rings. The summed E-state index contributed by atoms with van der Waals surface area (Å²) < 4.78 is 29.9. The van der Waals surface area contributed by atoms with Gasteiger partial charge in [-0.05, 0) is 12.5 Å². The summed E-state index contributed by atoms with van der Waals surface area (Å²) in [7, 11) is -1.74. The van der Waals surface area contributed by atoms with Crippen LogP contribution in [0.4, 0.5) is 0 Å². The Morgan fingerprint density at radius 3 is 2.86 bits per heavy atom. The van der Waals surface area contributed by atoms with E-state index in [4.69, 9.17) is 5.11 Å². The van der Waals surface area contributed by atoms with Crippen molar-refractivity contribution >= 4 is 10.0 Å². The number of hydrogen-bond donors (Lipinski definition) is 2. The first kappa shape index (κ1) is 15.7. The fourth-order valence-corrected chi connectivity index (χ4v) is 2.87. The molecule has 0 aliphatic carbocycles. The van der Waals surface area contributed by atoms with Crippen molar-refractivity contribution in [2.75, 3.05) is 13.2 Å². The summed E-state index contributed by atoms with van der Waals surface area (Å²) in [6.07, 6.45) is 5.55. The molecule has 0 saturated carbocycles. The highest BCUT2D eigenvalue weighted by Gasteiger charge is 2.16. The number of rotatable bonds is 8. The van der Waals surface area contributed by atoms with E-state index in [1.165, 1.54) is 17.1 Å². The summed E-state index contributed by atoms with van der Waals surface area (Å²) in [5, 5.41) is 16.7. The van der Waals surface area contributed by atoms with Crippen LogP contribution in [0.15, 0.2) is 29.6 Å². The van der Waals surface area contributed by atoms with Crippen LogP contribution < -0.4 is 4.72 Å². The highest BCUT2D eigenvalue weighted by Crippen LogP contribution is 2.07. The number of sulfonamides is 1. The summed E-state index contributed by atoms with van der Waals surface area (Å²) in [5.41, 5.74) is 0.955. The van der Waals surface area contributed by atoms with Crippen molar-refractivity contribution in [3.05, 3.63) is 30.4 Å². The molecular weight excluding hydrogens is 294 g/mol. The zero-order valence-corrected chi connectivity index (χ0v) is 12.6. The van der Waals surface area contributed by atoms with Gasteiger partial charge in [-0.3, -0.25) is 9.36 Å². The predicted molar refractivity (Wildman–Crippen MR) is 76.0 cm³/mol. The zero-order valence-electron chi connectivity index (χ0n) is 11.8. The van der Waals surface area contributed by atoms with Gasteiger partial charge in [-0.1, -0.05) is 0 Å². The Morgan fingerprint density at radius 1 is 1.38 bits per heavy atom. The quantitative estimate of drug-likeness (QED) is 0.685. The van der Waals surface area contributed by atoms with Crippen LogP contribution >= 0.6 is 0 Å². The lowest BCUT2D eigenvalue weighted by atomic mass is 10.3. The lowest BCUT2D eigenvalue weighted by Gasteiger charge is -2.05. The van der Waals surface area contributed by atoms with Gasteiger partial charge in [-0.15, -0.1) is 0 Å². The molecule has 0 spiro atoms. The van der Waals surface area contributed by atoms with Gasteiger partial charge >= 0.3 is 0 Å². The lowest BCUT2D eigenvalue weighted by molar-refractivity contribution is 0.277. The molecular formula is C12H19N5O3S. The average Bonchev–Trinajstić information content (AvgIpc) is 3.06. The summed E-state index contributed by atoms with van der Waals surface area (Å²) in [5.74, 6) is 0. The number of nitrogens with zero attached hydrogens (tertiary/aromatic N) is 4. The molecule has 0 atom stereocenters. The van der Waals surface area contributed by atoms with Crippen LogP contribution in [0.2, 0.25) is 0 Å². The second-order valence-electron chi connectivity index (χ2n) is 4.61. The summed E-state index contributed by atoms with van der Waals surface area (Å²) >= 11 is 0. The molecule has 2 N–H and O–H groups in total. The number of nitrogens with one attached hydrogen (secondary N) is 1. The molecule has 8 nitrogen and oxygen atoms in total. The fraction of sp³-hybridized carbons (Fsp3) is 0.500. The molecule has 0 aromatic carbocycles. The third-order valence-corrected chi connectivity index (χ3v) is 4.48. The Hall–Kier alpha value is -1.71. The van der Waals surface area contributed by atoms with Crippen molar-refractivity contribution in [2.45, 2.75) is 24.3 Å². The number of hydrogen-bond acceptors (Lipinski definition) is 5. The van der Waals surface area contributed by atoms with Crippen molar-refractivity contribution < 1.29 is 13.5 Å². The first-order valence-corrected chi connectivity index (χ1v) is 8.11. The molecule has 0 radical (unpaired) electrons. The molecule has 21 heavy (non-hydrogen) atoms. The first-order chi connectivity index (χ1) is 10.0. The van der Waals surface area contributed by atoms with E-state index in [1.807, 2.05) is 13.1 Å². The third-order valence-electron chi connectivity index (χ3n) is 3.06. The first-order valence-electron chi connectivity index (χ1n) is 6.63. The van der Waals surface area contributed by atoms with Gasteiger partial charge in [0.05, 0.1) is 6.20 Å². The number of aromatic nitrogens is 4. The van der Waals surface area contributed by atoms with Crippen LogP contribution in [0.1, 0.15) is 12.1 Å². The van der Waals surface area contributed by atoms with Crippen LogP contribution in [0.3, 0.4) is 0 Å². The third kappa shape index (κ3) is 4.13. The van der Waals surface area contributed by atoms with Crippen LogP contribution in [-0.4, -0.2) is 46.2 Å². The normalized spacial score (nSPS) is 11.9. The van der Waals surface area contributed by atoms with Gasteiger partial charge in [0.1, 0.15) is 4.90 Å². The minimum atomic E-state index is -3.56. The molecule has 9 heteroatoms. The molecule has 116 valence electrons. The Labute approximate surface area is 123 Å². The van der Waals surface area contributed by atoms with E-state index in [-0.39, 0.29) is 11.5 Å². The maximum absolute atomic E-state index is 12.1. The van der Waals surface area contributed by atoms with Gasteiger partial charge in [0.25, 0.3) is 0 Å². The highest BCUT2D eigenvalue weighted by molar-refractivity contribution is 7.89. The molecule has 2 aromatic rings. The lowest BCUT2D eigenvalue weighted by Crippen LogP contribution is -2.26. The minimum absolute atomic E-state index is 0.0465. The second kappa shape index (κ2) is 6.83. The maximum atomic E-state index is 12.1. The summed E-state index contributed by atoms with van der Waals surface area (Å²) in [4.78, 5) is 0.130. The van der Waals surface area contributed by atoms with Gasteiger partial charge < -0.3 is 5.11 Å². The van der Waals surface area contributed by atoms with Gasteiger partial charge in [0.15, 0.2) is 0 Å². The van der Waals surface area contributed by atoms with E-state index in [9.17, 15) is 8.42 Å². The van der Waals surface area contributed by atoms with E-state index < -0.39 is 10.0 Å². The van der Waals surface area contributed by atoms with Crippen molar-refractivity contribution in [3.8, 4) is 0 Å². The topological polar surface area (TPSA) is 102 Å². The van der Waals surface area contributed by atoms with Gasteiger partial charge in [-0.2, -0.15) is 10.2 Å². The maximum Gasteiger partial charge on any atom is 0.243 e. The van der Waals surface area contributed by atoms with Gasteiger partial charge in [0, 0.05) is 51.3 Å². The van der Waals surface area contributed by atoms with E-state index in [2.05, 4.69) is 14.9 Å². The van der Waals surface area contributed by atoms with Gasteiger partial charge in [0.2, 0.25) is 10.0 Å². The second-order valence-corrected chi connectivity index (χ2v) is 6.38. The van der Waals surface area contributed by atoms with Crippen LogP contribution in [0.5, 0.6) is 0 Å². The SMILES string of the molecule is Cn1nccc1CCNS(=O)(=O)c1cnn(CCCO)c1. The van der Waals surface area contributed by atoms with Gasteiger partial charge in [-0.25, -0.2) is 13.1 Å². The fourth-order valence-electron chi connectivity index (χ4n) is 1.88. The van der Waals surface area contributed by atoms with Crippen molar-refractivity contribution in [3.63, 3.8) is 0 Å². The predicted octanol–water partition coefficient (Wildman–Crippen LogP) is -0.480. The Balaban J connectivity index is 1.92. The van der Waals surface area contributed by atoms with Crippen molar-refractivity contribution in [1.82, 2.24) is 24.3 Å². The van der Waals surface area contributed by atoms with Crippen LogP contribution in [-0.2, 0) is 30.0 Å². The monoisotopic (exact) mass is 313 g/mol. The molecule has 0 unspecified atom stereocenters. The Morgan fingerprint density at radius 2 is 2.19 bits per heavy atom. The molecule has 0 bridgehead atoms. The molecule has 0 fully saturated rings. The molecule has 0 amide bonds. The molecule has 2 aromatic heterocycles. The van der Waals surface area contributed by atoms with E-state index in [0.717, 1.165) is 5.69 Å². The molecule has 2 rings (SSSR count). The number of aryl methyl sites for hydroxylation is 2. The van der Waals surface area contributed by atoms with E-state index in [1.54, 1.807) is 10.9 Å². The number of aliphatic hydroxyl groups is 1. The Kier molecular flexibility index (Phi) is 5.10. The van der Waals surface area contributed by atoms with Crippen molar-refractivity contribution in [1.29, 1.82) is 0 Å². The molecule has 0 aliphatic heterocycles. The van der Waals surface area contributed by atoms with Crippen LogP contribution in [0, 0.1) is 0 Å². The standard InChI is InChI=1S/C12H19N5O3S/c1-16-11(3-5-13-16)4-6-15-21(19,20)12-9-14-17(10-12)7-2-8-18/h3,5,9-10,15,18H,2,4,6-8H2,1H3. The van der Waals surface area contributed by atoms with E-state index >= 15 is 0 Å². The van der Waals surface area contributed by atoms with E-state index in [0.29, 0.717) is 25.9 Å². The summed E-state index contributed by atoms with van der Waals surface area (Å²) in [6, 6.07) is 1.85. The average molecular weight is 313 g/mol.